The van der Waals surface area contributed by atoms with Crippen molar-refractivity contribution in [3.8, 4) is 6.07 Å². The first kappa shape index (κ1) is 11.5. The van der Waals surface area contributed by atoms with E-state index in [1.807, 2.05) is 12.1 Å². The van der Waals surface area contributed by atoms with Gasteiger partial charge in [0.2, 0.25) is 0 Å². The van der Waals surface area contributed by atoms with E-state index < -0.39 is 5.97 Å². The van der Waals surface area contributed by atoms with Gasteiger partial charge in [-0.1, -0.05) is 0 Å². The summed E-state index contributed by atoms with van der Waals surface area (Å²) in [4.78, 5) is 13.0. The number of hydrogen-bond acceptors (Lipinski definition) is 3. The highest BCUT2D eigenvalue weighted by Crippen LogP contribution is 2.23. The van der Waals surface area contributed by atoms with Crippen molar-refractivity contribution in [2.45, 2.75) is 12.8 Å². The van der Waals surface area contributed by atoms with Gasteiger partial charge in [0.25, 0.3) is 0 Å². The molecule has 1 heterocycles. The van der Waals surface area contributed by atoms with Crippen LogP contribution in [0.1, 0.15) is 18.4 Å². The van der Waals surface area contributed by atoms with Crippen LogP contribution in [-0.2, 0) is 4.79 Å². The topological polar surface area (TPSA) is 64.3 Å². The monoisotopic (exact) mass is 230 g/mol. The van der Waals surface area contributed by atoms with Crippen molar-refractivity contribution in [3.05, 3.63) is 29.8 Å². The second-order valence-electron chi connectivity index (χ2n) is 4.26. The number of carbonyl (C=O) groups is 1. The molecule has 1 aliphatic heterocycles. The molecule has 88 valence electrons. The zero-order chi connectivity index (χ0) is 12.3. The molecule has 4 heteroatoms. The number of aliphatic carboxylic acids is 1. The van der Waals surface area contributed by atoms with Crippen molar-refractivity contribution in [2.24, 2.45) is 5.92 Å². The summed E-state index contributed by atoms with van der Waals surface area (Å²) in [6.07, 6.45) is 1.38. The molecule has 1 aromatic carbocycles. The van der Waals surface area contributed by atoms with Crippen LogP contribution in [0.4, 0.5) is 5.69 Å². The Labute approximate surface area is 100 Å². The number of anilines is 1. The summed E-state index contributed by atoms with van der Waals surface area (Å²) in [6.45, 7) is 1.53. The van der Waals surface area contributed by atoms with Gasteiger partial charge in [0, 0.05) is 18.8 Å². The lowest BCUT2D eigenvalue weighted by Crippen LogP contribution is -2.36. The minimum absolute atomic E-state index is 0.204. The Morgan fingerprint density at radius 2 is 1.88 bits per heavy atom. The standard InChI is InChI=1S/C13H14N2O2/c14-9-10-1-3-12(4-2-10)15-7-5-11(6-8-15)13(16)17/h1-4,11H,5-8H2,(H,16,17). The van der Waals surface area contributed by atoms with E-state index in [9.17, 15) is 4.79 Å². The van der Waals surface area contributed by atoms with Gasteiger partial charge in [0.15, 0.2) is 0 Å². The third kappa shape index (κ3) is 2.56. The molecule has 0 radical (unpaired) electrons. The number of benzene rings is 1. The van der Waals surface area contributed by atoms with E-state index in [0.717, 1.165) is 18.8 Å². The molecule has 2 rings (SSSR count). The van der Waals surface area contributed by atoms with E-state index >= 15 is 0 Å². The molecule has 4 nitrogen and oxygen atoms in total. The molecule has 1 N–H and O–H groups in total. The summed E-state index contributed by atoms with van der Waals surface area (Å²) in [6, 6.07) is 9.50. The normalized spacial score (nSPS) is 16.5. The van der Waals surface area contributed by atoms with Crippen LogP contribution in [0.5, 0.6) is 0 Å². The summed E-state index contributed by atoms with van der Waals surface area (Å²) < 4.78 is 0. The number of piperidine rings is 1. The molecule has 0 aromatic heterocycles. The average Bonchev–Trinajstić information content (AvgIpc) is 2.39. The highest BCUT2D eigenvalue weighted by molar-refractivity contribution is 5.70. The van der Waals surface area contributed by atoms with Crippen LogP contribution in [0.3, 0.4) is 0 Å². The molecule has 0 aliphatic carbocycles. The third-order valence-corrected chi connectivity index (χ3v) is 3.21. The van der Waals surface area contributed by atoms with Gasteiger partial charge in [-0.3, -0.25) is 4.79 Å². The van der Waals surface area contributed by atoms with E-state index in [0.29, 0.717) is 18.4 Å². The van der Waals surface area contributed by atoms with Crippen molar-refractivity contribution in [1.29, 1.82) is 5.26 Å². The van der Waals surface area contributed by atoms with E-state index in [2.05, 4.69) is 11.0 Å². The molecular formula is C13H14N2O2. The zero-order valence-corrected chi connectivity index (χ0v) is 9.47. The molecule has 1 aromatic rings. The Kier molecular flexibility index (Phi) is 3.29. The Balaban J connectivity index is 2.00. The maximum Gasteiger partial charge on any atom is 0.306 e. The minimum Gasteiger partial charge on any atom is -0.481 e. The van der Waals surface area contributed by atoms with Crippen molar-refractivity contribution < 1.29 is 9.90 Å². The molecule has 1 aliphatic rings. The van der Waals surface area contributed by atoms with Crippen LogP contribution in [0, 0.1) is 17.2 Å². The SMILES string of the molecule is N#Cc1ccc(N2CCC(C(=O)O)CC2)cc1. The molecule has 0 amide bonds. The highest BCUT2D eigenvalue weighted by atomic mass is 16.4. The number of carboxylic acid groups (broad SMARTS) is 1. The molecule has 0 bridgehead atoms. The fourth-order valence-electron chi connectivity index (χ4n) is 2.13. The minimum atomic E-state index is -0.690. The second kappa shape index (κ2) is 4.88. The average molecular weight is 230 g/mol. The van der Waals surface area contributed by atoms with Gasteiger partial charge in [-0.05, 0) is 37.1 Å². The summed E-state index contributed by atoms with van der Waals surface area (Å²) in [7, 11) is 0. The van der Waals surface area contributed by atoms with Crippen molar-refractivity contribution in [2.75, 3.05) is 18.0 Å². The molecule has 0 atom stereocenters. The van der Waals surface area contributed by atoms with Crippen LogP contribution in [0.2, 0.25) is 0 Å². The summed E-state index contributed by atoms with van der Waals surface area (Å²) in [5.74, 6) is -0.894. The third-order valence-electron chi connectivity index (χ3n) is 3.21. The highest BCUT2D eigenvalue weighted by Gasteiger charge is 2.24. The second-order valence-corrected chi connectivity index (χ2v) is 4.26. The Morgan fingerprint density at radius 1 is 1.29 bits per heavy atom. The summed E-state index contributed by atoms with van der Waals surface area (Å²) in [5, 5.41) is 17.6. The van der Waals surface area contributed by atoms with Gasteiger partial charge in [-0.15, -0.1) is 0 Å². The Bertz CT molecular complexity index is 439. The first-order valence-electron chi connectivity index (χ1n) is 5.68. The number of nitriles is 1. The fourth-order valence-corrected chi connectivity index (χ4v) is 2.13. The van der Waals surface area contributed by atoms with Crippen LogP contribution >= 0.6 is 0 Å². The van der Waals surface area contributed by atoms with Gasteiger partial charge < -0.3 is 10.0 Å². The van der Waals surface area contributed by atoms with Crippen molar-refractivity contribution >= 4 is 11.7 Å². The van der Waals surface area contributed by atoms with Crippen LogP contribution in [0.15, 0.2) is 24.3 Å². The summed E-state index contributed by atoms with van der Waals surface area (Å²) >= 11 is 0. The number of carboxylic acids is 1. The molecule has 1 saturated heterocycles. The quantitative estimate of drug-likeness (QED) is 0.842. The maximum atomic E-state index is 10.8. The van der Waals surface area contributed by atoms with Gasteiger partial charge >= 0.3 is 5.97 Å². The van der Waals surface area contributed by atoms with Crippen LogP contribution < -0.4 is 4.90 Å². The molecular weight excluding hydrogens is 216 g/mol. The number of nitrogens with zero attached hydrogens (tertiary/aromatic N) is 2. The largest absolute Gasteiger partial charge is 0.481 e. The van der Waals surface area contributed by atoms with Gasteiger partial charge in [0.05, 0.1) is 17.6 Å². The molecule has 1 fully saturated rings. The first-order chi connectivity index (χ1) is 8.20. The lowest BCUT2D eigenvalue weighted by molar-refractivity contribution is -0.142. The number of hydrogen-bond donors (Lipinski definition) is 1. The van der Waals surface area contributed by atoms with Crippen molar-refractivity contribution in [3.63, 3.8) is 0 Å². The summed E-state index contributed by atoms with van der Waals surface area (Å²) in [5.41, 5.74) is 1.71. The van der Waals surface area contributed by atoms with E-state index in [1.165, 1.54) is 0 Å². The maximum absolute atomic E-state index is 10.8. The molecule has 0 saturated carbocycles. The Morgan fingerprint density at radius 3 is 2.35 bits per heavy atom. The molecule has 0 unspecified atom stereocenters. The number of rotatable bonds is 2. The predicted molar refractivity (Wildman–Crippen MR) is 63.7 cm³/mol. The van der Waals surface area contributed by atoms with Gasteiger partial charge in [0.1, 0.15) is 0 Å². The van der Waals surface area contributed by atoms with Gasteiger partial charge in [-0.2, -0.15) is 5.26 Å². The fraction of sp³-hybridized carbons (Fsp3) is 0.385. The predicted octanol–water partition coefficient (Wildman–Crippen LogP) is 1.86. The van der Waals surface area contributed by atoms with E-state index in [4.69, 9.17) is 10.4 Å². The lowest BCUT2D eigenvalue weighted by Gasteiger charge is -2.31. The van der Waals surface area contributed by atoms with E-state index in [-0.39, 0.29) is 5.92 Å². The molecule has 17 heavy (non-hydrogen) atoms. The van der Waals surface area contributed by atoms with Crippen molar-refractivity contribution in [1.82, 2.24) is 0 Å². The lowest BCUT2D eigenvalue weighted by atomic mass is 9.97. The smallest absolute Gasteiger partial charge is 0.306 e. The zero-order valence-electron chi connectivity index (χ0n) is 9.47. The first-order valence-corrected chi connectivity index (χ1v) is 5.68. The van der Waals surface area contributed by atoms with E-state index in [1.54, 1.807) is 12.1 Å². The molecule has 0 spiro atoms. The van der Waals surface area contributed by atoms with Gasteiger partial charge in [-0.25, -0.2) is 0 Å². The van der Waals surface area contributed by atoms with Crippen LogP contribution in [-0.4, -0.2) is 24.2 Å². The van der Waals surface area contributed by atoms with Crippen LogP contribution in [0.25, 0.3) is 0 Å². The Hall–Kier alpha value is -2.02.